The zero-order valence-corrected chi connectivity index (χ0v) is 46.6. The summed E-state index contributed by atoms with van der Waals surface area (Å²) in [5.41, 5.74) is 21.4. The maximum Gasteiger partial charge on any atom is 0.137 e. The summed E-state index contributed by atoms with van der Waals surface area (Å²) < 4.78 is 4.26. The van der Waals surface area contributed by atoms with Crippen LogP contribution in [0, 0.1) is 6.92 Å². The van der Waals surface area contributed by atoms with Gasteiger partial charge in [-0.3, -0.25) is 0 Å². The van der Waals surface area contributed by atoms with Gasteiger partial charge in [-0.2, -0.15) is 0 Å². The number of aryl methyl sites for hydroxylation is 1. The Morgan fingerprint density at radius 1 is 0.224 bits per heavy atom. The van der Waals surface area contributed by atoms with Crippen LogP contribution in [0.2, 0.25) is 0 Å². The summed E-state index contributed by atoms with van der Waals surface area (Å²) in [5.74, 6) is 0. The Balaban J connectivity index is 0.857. The smallest absolute Gasteiger partial charge is 0.137 e. The Hall–Kier alpha value is -11.2. The Bertz CT molecular complexity index is 5530. The highest BCUT2D eigenvalue weighted by Gasteiger charge is 2.22. The molecule has 0 N–H and O–H groups in total. The van der Waals surface area contributed by atoms with E-state index in [9.17, 15) is 0 Å². The molecule has 0 aliphatic carbocycles. The summed E-state index contributed by atoms with van der Waals surface area (Å²) in [4.78, 5) is 10.1. The number of imidazole rings is 2. The first-order chi connectivity index (χ1) is 42.0. The fraction of sp³-hybridized carbons (Fsp3) is 0.0123. The Labute approximate surface area is 491 Å². The summed E-state index contributed by atoms with van der Waals surface area (Å²) in [7, 11) is 0. The van der Waals surface area contributed by atoms with E-state index in [0.29, 0.717) is 0 Å². The SMILES string of the molecule is Cc1ccc2nc(-c3ccc(-c4c5ccccc5c(-c5ccc6ccccc6c5)c5cc(-c6ccc7c(-c8ccc(-c9cn%10cc(-c%11ccccc%11)ccc%10n9)cc8)c8ccccc8c(-c8ccc9ccccc9c8)c7c6)ccc45)cc3)cn2c1. The molecule has 0 saturated heterocycles. The van der Waals surface area contributed by atoms with E-state index in [1.807, 2.05) is 0 Å². The summed E-state index contributed by atoms with van der Waals surface area (Å²) in [5, 5.41) is 14.6. The zero-order valence-electron chi connectivity index (χ0n) is 46.6. The Kier molecular flexibility index (Phi) is 11.1. The molecule has 0 aliphatic rings. The van der Waals surface area contributed by atoms with Gasteiger partial charge in [0.05, 0.1) is 11.4 Å². The van der Waals surface area contributed by atoms with E-state index >= 15 is 0 Å². The molecule has 4 nitrogen and oxygen atoms in total. The standard InChI is InChI=1S/C81H52N4/c1-51-23-41-76-82-74(49-84(76)47-51)55-26-30-57(31-27-55)78-66-19-9-11-21-68(66)80(63-34-24-53-15-5-7-17-59(53)43-63)72-45-61(36-39-70(72)78)62-37-40-71-73(46-62)81(64-35-25-54-16-6-8-18-60(54)44-64)69-22-12-10-20-67(69)79(71)58-32-28-56(29-33-58)75-50-85-48-65(38-42-77(85)83-75)52-13-3-2-4-14-52/h2-50H,1H3. The summed E-state index contributed by atoms with van der Waals surface area (Å²) in [6.45, 7) is 2.12. The first-order valence-corrected chi connectivity index (χ1v) is 29.2. The second-order valence-corrected chi connectivity index (χ2v) is 22.7. The predicted octanol–water partition coefficient (Wildman–Crippen LogP) is 21.5. The molecular weight excluding hydrogens is 1030 g/mol. The third kappa shape index (κ3) is 8.21. The van der Waals surface area contributed by atoms with Crippen LogP contribution in [0.25, 0.3) is 165 Å². The van der Waals surface area contributed by atoms with Crippen LogP contribution < -0.4 is 0 Å². The van der Waals surface area contributed by atoms with Crippen molar-refractivity contribution in [2.24, 2.45) is 0 Å². The molecule has 17 aromatic rings. The van der Waals surface area contributed by atoms with Crippen molar-refractivity contribution in [2.45, 2.75) is 6.92 Å². The lowest BCUT2D eigenvalue weighted by Gasteiger charge is -2.20. The monoisotopic (exact) mass is 1080 g/mol. The van der Waals surface area contributed by atoms with Crippen LogP contribution in [0.15, 0.2) is 298 Å². The lowest BCUT2D eigenvalue weighted by Crippen LogP contribution is -1.93. The van der Waals surface area contributed by atoms with Crippen molar-refractivity contribution in [1.82, 2.24) is 18.8 Å². The lowest BCUT2D eigenvalue weighted by molar-refractivity contribution is 1.16. The van der Waals surface area contributed by atoms with Crippen molar-refractivity contribution in [3.63, 3.8) is 0 Å². The van der Waals surface area contributed by atoms with Crippen LogP contribution in [0.5, 0.6) is 0 Å². The summed E-state index contributed by atoms with van der Waals surface area (Å²) in [6, 6.07) is 101. The van der Waals surface area contributed by atoms with Crippen LogP contribution in [-0.4, -0.2) is 18.8 Å². The molecular formula is C81H52N4. The van der Waals surface area contributed by atoms with Gasteiger partial charge in [0, 0.05) is 35.9 Å². The van der Waals surface area contributed by atoms with Gasteiger partial charge in [-0.1, -0.05) is 231 Å². The fourth-order valence-electron chi connectivity index (χ4n) is 13.4. The number of fused-ring (bicyclic) bond motifs is 8. The maximum absolute atomic E-state index is 5.10. The van der Waals surface area contributed by atoms with Gasteiger partial charge in [0.2, 0.25) is 0 Å². The third-order valence-electron chi connectivity index (χ3n) is 17.6. The number of nitrogens with zero attached hydrogens (tertiary/aromatic N) is 4. The van der Waals surface area contributed by atoms with E-state index in [1.165, 1.54) is 109 Å². The van der Waals surface area contributed by atoms with Crippen molar-refractivity contribution >= 4 is 75.9 Å². The summed E-state index contributed by atoms with van der Waals surface area (Å²) >= 11 is 0. The van der Waals surface area contributed by atoms with Gasteiger partial charge in [0.15, 0.2) is 0 Å². The molecule has 0 amide bonds. The third-order valence-corrected chi connectivity index (χ3v) is 17.6. The van der Waals surface area contributed by atoms with E-state index in [4.69, 9.17) is 9.97 Å². The fourth-order valence-corrected chi connectivity index (χ4v) is 13.4. The largest absolute Gasteiger partial charge is 0.306 e. The average molecular weight is 1080 g/mol. The molecule has 85 heavy (non-hydrogen) atoms. The molecule has 4 heterocycles. The highest BCUT2D eigenvalue weighted by Crippen LogP contribution is 2.49. The number of benzene rings is 13. The van der Waals surface area contributed by atoms with Gasteiger partial charge in [0.25, 0.3) is 0 Å². The second kappa shape index (κ2) is 19.5. The molecule has 0 aliphatic heterocycles. The van der Waals surface area contributed by atoms with Crippen molar-refractivity contribution in [3.8, 4) is 89.3 Å². The number of hydrogen-bond acceptors (Lipinski definition) is 2. The number of hydrogen-bond donors (Lipinski definition) is 0. The molecule has 0 radical (unpaired) electrons. The minimum atomic E-state index is 0.918. The quantitative estimate of drug-likeness (QED) is 0.142. The molecule has 13 aromatic carbocycles. The highest BCUT2D eigenvalue weighted by atomic mass is 15.0. The van der Waals surface area contributed by atoms with E-state index in [-0.39, 0.29) is 0 Å². The minimum absolute atomic E-state index is 0.918. The van der Waals surface area contributed by atoms with E-state index < -0.39 is 0 Å². The first kappa shape index (κ1) is 48.5. The molecule has 396 valence electrons. The van der Waals surface area contributed by atoms with Crippen molar-refractivity contribution in [1.29, 1.82) is 0 Å². The highest BCUT2D eigenvalue weighted by molar-refractivity contribution is 6.24. The lowest BCUT2D eigenvalue weighted by atomic mass is 9.83. The normalized spacial score (nSPS) is 11.8. The molecule has 0 fully saturated rings. The molecule has 0 spiro atoms. The van der Waals surface area contributed by atoms with Crippen LogP contribution in [0.4, 0.5) is 0 Å². The van der Waals surface area contributed by atoms with E-state index in [2.05, 4.69) is 313 Å². The molecule has 4 aromatic heterocycles. The van der Waals surface area contributed by atoms with Crippen molar-refractivity contribution < 1.29 is 0 Å². The van der Waals surface area contributed by atoms with E-state index in [0.717, 1.165) is 61.6 Å². The van der Waals surface area contributed by atoms with Gasteiger partial charge in [-0.05, 0) is 186 Å². The van der Waals surface area contributed by atoms with Gasteiger partial charge in [-0.25, -0.2) is 9.97 Å². The van der Waals surface area contributed by atoms with Crippen LogP contribution in [-0.2, 0) is 0 Å². The molecule has 0 saturated carbocycles. The molecule has 17 rings (SSSR count). The van der Waals surface area contributed by atoms with Crippen LogP contribution in [0.1, 0.15) is 5.56 Å². The summed E-state index contributed by atoms with van der Waals surface area (Å²) in [6.07, 6.45) is 8.58. The Morgan fingerprint density at radius 3 is 1.08 bits per heavy atom. The topological polar surface area (TPSA) is 34.6 Å². The average Bonchev–Trinajstić information content (AvgIpc) is 2.06. The molecule has 0 atom stereocenters. The number of pyridine rings is 2. The molecule has 0 bridgehead atoms. The van der Waals surface area contributed by atoms with Crippen LogP contribution in [0.3, 0.4) is 0 Å². The van der Waals surface area contributed by atoms with Crippen molar-refractivity contribution in [2.75, 3.05) is 0 Å². The number of rotatable bonds is 8. The van der Waals surface area contributed by atoms with Gasteiger partial charge < -0.3 is 8.80 Å². The van der Waals surface area contributed by atoms with Gasteiger partial charge in [-0.15, -0.1) is 0 Å². The first-order valence-electron chi connectivity index (χ1n) is 29.2. The zero-order chi connectivity index (χ0) is 56.1. The molecule has 0 unspecified atom stereocenters. The van der Waals surface area contributed by atoms with E-state index in [1.54, 1.807) is 0 Å². The van der Waals surface area contributed by atoms with Gasteiger partial charge in [0.1, 0.15) is 11.3 Å². The van der Waals surface area contributed by atoms with Crippen LogP contribution >= 0.6 is 0 Å². The minimum Gasteiger partial charge on any atom is -0.306 e. The molecule has 4 heteroatoms. The van der Waals surface area contributed by atoms with Crippen molar-refractivity contribution in [3.05, 3.63) is 303 Å². The maximum atomic E-state index is 5.10. The Morgan fingerprint density at radius 2 is 0.588 bits per heavy atom. The predicted molar refractivity (Wildman–Crippen MR) is 357 cm³/mol. The second-order valence-electron chi connectivity index (χ2n) is 22.7. The number of aromatic nitrogens is 4. The van der Waals surface area contributed by atoms with Gasteiger partial charge >= 0.3 is 0 Å².